The molecule has 0 bridgehead atoms. The Labute approximate surface area is 139 Å². The first-order chi connectivity index (χ1) is 11.0. The van der Waals surface area contributed by atoms with Crippen LogP contribution in [-0.2, 0) is 10.0 Å². The average molecular weight is 353 g/mol. The Balaban J connectivity index is 2.48. The van der Waals surface area contributed by atoms with Crippen LogP contribution in [0.3, 0.4) is 0 Å². The molecule has 1 aromatic carbocycles. The van der Waals surface area contributed by atoms with E-state index in [2.05, 4.69) is 9.82 Å². The van der Waals surface area contributed by atoms with Crippen molar-refractivity contribution < 1.29 is 23.4 Å². The molecular formula is C15H19N3O5S. The molecule has 1 heterocycles. The Hall–Kier alpha value is -2.55. The second-order valence-corrected chi connectivity index (χ2v) is 7.43. The third-order valence-electron chi connectivity index (χ3n) is 3.39. The van der Waals surface area contributed by atoms with E-state index >= 15 is 0 Å². The minimum atomic E-state index is -4.19. The van der Waals surface area contributed by atoms with Gasteiger partial charge in [-0.25, -0.2) is 13.2 Å². The minimum absolute atomic E-state index is 0.0502. The monoisotopic (exact) mass is 353 g/mol. The van der Waals surface area contributed by atoms with Gasteiger partial charge in [-0.2, -0.15) is 5.10 Å². The number of nitrogens with one attached hydrogen (secondary N) is 1. The van der Waals surface area contributed by atoms with Crippen LogP contribution in [0.1, 0.15) is 41.5 Å². The predicted octanol–water partition coefficient (Wildman–Crippen LogP) is 2.29. The van der Waals surface area contributed by atoms with Crippen molar-refractivity contribution in [3.8, 4) is 5.75 Å². The van der Waals surface area contributed by atoms with Crippen molar-refractivity contribution in [2.75, 3.05) is 4.72 Å². The Morgan fingerprint density at radius 3 is 2.38 bits per heavy atom. The molecule has 0 atom stereocenters. The van der Waals surface area contributed by atoms with Gasteiger partial charge in [-0.1, -0.05) is 0 Å². The van der Waals surface area contributed by atoms with Crippen LogP contribution < -0.4 is 4.72 Å². The average Bonchev–Trinajstić information content (AvgIpc) is 2.80. The summed E-state index contributed by atoms with van der Waals surface area (Å²) in [6.07, 6.45) is 0. The van der Waals surface area contributed by atoms with Gasteiger partial charge in [0.25, 0.3) is 10.0 Å². The fourth-order valence-corrected chi connectivity index (χ4v) is 3.56. The zero-order valence-electron chi connectivity index (χ0n) is 13.7. The molecule has 0 aliphatic carbocycles. The molecule has 130 valence electrons. The highest BCUT2D eigenvalue weighted by Gasteiger charge is 2.25. The van der Waals surface area contributed by atoms with Crippen LogP contribution >= 0.6 is 0 Å². The molecule has 0 saturated heterocycles. The van der Waals surface area contributed by atoms with Gasteiger partial charge in [0.2, 0.25) is 0 Å². The van der Waals surface area contributed by atoms with Crippen LogP contribution in [0, 0.1) is 13.8 Å². The molecule has 0 radical (unpaired) electrons. The van der Waals surface area contributed by atoms with E-state index in [4.69, 9.17) is 5.11 Å². The SMILES string of the molecule is Cc1cc(C(=O)O)c(O)c(S(=O)(=O)Nc2cc(C)n(C(C)C)n2)c1. The summed E-state index contributed by atoms with van der Waals surface area (Å²) in [6.45, 7) is 7.15. The summed E-state index contributed by atoms with van der Waals surface area (Å²) in [7, 11) is -4.19. The standard InChI is InChI=1S/C15H19N3O5S/c1-8(2)18-10(4)7-13(16-18)17-24(22,23)12-6-9(3)5-11(14(12)19)15(20)21/h5-8,19H,1-4H3,(H,16,17)(H,20,21). The quantitative estimate of drug-likeness (QED) is 0.758. The zero-order valence-corrected chi connectivity index (χ0v) is 14.5. The first-order valence-corrected chi connectivity index (χ1v) is 8.67. The van der Waals surface area contributed by atoms with E-state index in [1.54, 1.807) is 24.6 Å². The van der Waals surface area contributed by atoms with Gasteiger partial charge < -0.3 is 10.2 Å². The van der Waals surface area contributed by atoms with Crippen LogP contribution in [0.25, 0.3) is 0 Å². The molecular weight excluding hydrogens is 334 g/mol. The molecule has 0 unspecified atom stereocenters. The van der Waals surface area contributed by atoms with E-state index in [0.717, 1.165) is 5.69 Å². The smallest absolute Gasteiger partial charge is 0.339 e. The Bertz CT molecular complexity index is 900. The van der Waals surface area contributed by atoms with Gasteiger partial charge in [0.1, 0.15) is 10.5 Å². The largest absolute Gasteiger partial charge is 0.506 e. The molecule has 2 rings (SSSR count). The first-order valence-electron chi connectivity index (χ1n) is 7.19. The minimum Gasteiger partial charge on any atom is -0.506 e. The molecule has 0 saturated carbocycles. The van der Waals surface area contributed by atoms with Crippen LogP contribution in [-0.4, -0.2) is 34.4 Å². The summed E-state index contributed by atoms with van der Waals surface area (Å²) in [5.74, 6) is -2.12. The summed E-state index contributed by atoms with van der Waals surface area (Å²) >= 11 is 0. The summed E-state index contributed by atoms with van der Waals surface area (Å²) in [4.78, 5) is 10.6. The van der Waals surface area contributed by atoms with Crippen LogP contribution in [0.2, 0.25) is 0 Å². The van der Waals surface area contributed by atoms with Crippen molar-refractivity contribution in [1.82, 2.24) is 9.78 Å². The van der Waals surface area contributed by atoms with Gasteiger partial charge in [0.05, 0.1) is 0 Å². The van der Waals surface area contributed by atoms with Crippen molar-refractivity contribution in [1.29, 1.82) is 0 Å². The lowest BCUT2D eigenvalue weighted by molar-refractivity contribution is 0.0693. The van der Waals surface area contributed by atoms with Gasteiger partial charge in [-0.05, 0) is 45.4 Å². The fourth-order valence-electron chi connectivity index (χ4n) is 2.37. The Kier molecular flexibility index (Phi) is 4.57. The maximum atomic E-state index is 12.5. The molecule has 24 heavy (non-hydrogen) atoms. The van der Waals surface area contributed by atoms with Gasteiger partial charge >= 0.3 is 5.97 Å². The third-order valence-corrected chi connectivity index (χ3v) is 4.76. The number of anilines is 1. The number of carboxylic acids is 1. The highest BCUT2D eigenvalue weighted by atomic mass is 32.2. The number of benzene rings is 1. The van der Waals surface area contributed by atoms with E-state index in [-0.39, 0.29) is 11.9 Å². The van der Waals surface area contributed by atoms with Crippen LogP contribution in [0.4, 0.5) is 5.82 Å². The van der Waals surface area contributed by atoms with Crippen LogP contribution in [0.15, 0.2) is 23.1 Å². The fraction of sp³-hybridized carbons (Fsp3) is 0.333. The molecule has 0 aliphatic heterocycles. The summed E-state index contributed by atoms with van der Waals surface area (Å²) in [5.41, 5.74) is 0.691. The van der Waals surface area contributed by atoms with Crippen molar-refractivity contribution >= 4 is 21.8 Å². The van der Waals surface area contributed by atoms with E-state index in [1.807, 2.05) is 13.8 Å². The van der Waals surface area contributed by atoms with Crippen LogP contribution in [0.5, 0.6) is 5.75 Å². The number of aromatic carboxylic acids is 1. The highest BCUT2D eigenvalue weighted by Crippen LogP contribution is 2.30. The summed E-state index contributed by atoms with van der Waals surface area (Å²) in [5, 5.41) is 23.3. The zero-order chi connectivity index (χ0) is 18.2. The number of sulfonamides is 1. The summed E-state index contributed by atoms with van der Waals surface area (Å²) in [6, 6.07) is 4.02. The Morgan fingerprint density at radius 1 is 1.25 bits per heavy atom. The lowest BCUT2D eigenvalue weighted by atomic mass is 10.1. The van der Waals surface area contributed by atoms with Gasteiger partial charge in [0, 0.05) is 17.8 Å². The molecule has 9 heteroatoms. The van der Waals surface area contributed by atoms with E-state index in [1.165, 1.54) is 12.1 Å². The number of aromatic nitrogens is 2. The molecule has 3 N–H and O–H groups in total. The Morgan fingerprint density at radius 2 is 1.88 bits per heavy atom. The van der Waals surface area contributed by atoms with Crippen molar-refractivity contribution in [3.05, 3.63) is 35.0 Å². The number of carboxylic acid groups (broad SMARTS) is 1. The molecule has 0 fully saturated rings. The third kappa shape index (κ3) is 3.35. The number of nitrogens with zero attached hydrogens (tertiary/aromatic N) is 2. The highest BCUT2D eigenvalue weighted by molar-refractivity contribution is 7.92. The van der Waals surface area contributed by atoms with E-state index in [9.17, 15) is 18.3 Å². The molecule has 0 amide bonds. The normalized spacial score (nSPS) is 11.7. The number of aryl methyl sites for hydroxylation is 2. The molecule has 2 aromatic rings. The number of hydrogen-bond acceptors (Lipinski definition) is 5. The van der Waals surface area contributed by atoms with Crippen molar-refractivity contribution in [3.63, 3.8) is 0 Å². The predicted molar refractivity (Wildman–Crippen MR) is 88.0 cm³/mol. The van der Waals surface area contributed by atoms with Gasteiger partial charge in [0.15, 0.2) is 11.6 Å². The van der Waals surface area contributed by atoms with Crippen molar-refractivity contribution in [2.45, 2.75) is 38.6 Å². The number of hydrogen-bond donors (Lipinski definition) is 3. The maximum absolute atomic E-state index is 12.5. The number of rotatable bonds is 5. The van der Waals surface area contributed by atoms with Gasteiger partial charge in [-0.15, -0.1) is 0 Å². The molecule has 0 aliphatic rings. The molecule has 0 spiro atoms. The lowest BCUT2D eigenvalue weighted by Crippen LogP contribution is -2.15. The number of aromatic hydroxyl groups is 1. The van der Waals surface area contributed by atoms with E-state index < -0.39 is 32.2 Å². The lowest BCUT2D eigenvalue weighted by Gasteiger charge is -2.11. The molecule has 8 nitrogen and oxygen atoms in total. The second-order valence-electron chi connectivity index (χ2n) is 5.78. The number of phenols is 1. The summed E-state index contributed by atoms with van der Waals surface area (Å²) < 4.78 is 29.0. The number of carbonyl (C=O) groups is 1. The van der Waals surface area contributed by atoms with Gasteiger partial charge in [-0.3, -0.25) is 9.40 Å². The second kappa shape index (κ2) is 6.16. The maximum Gasteiger partial charge on any atom is 0.339 e. The topological polar surface area (TPSA) is 122 Å². The first kappa shape index (κ1) is 17.8. The van der Waals surface area contributed by atoms with E-state index in [0.29, 0.717) is 5.56 Å². The molecule has 1 aromatic heterocycles. The van der Waals surface area contributed by atoms with Crippen molar-refractivity contribution in [2.24, 2.45) is 0 Å².